The van der Waals surface area contributed by atoms with Crippen LogP contribution in [0.4, 0.5) is 0 Å². The van der Waals surface area contributed by atoms with Crippen molar-refractivity contribution in [3.05, 3.63) is 35.9 Å². The summed E-state index contributed by atoms with van der Waals surface area (Å²) in [7, 11) is -3.00. The minimum Gasteiger partial charge on any atom is -0.329 e. The fourth-order valence-corrected chi connectivity index (χ4v) is 3.04. The van der Waals surface area contributed by atoms with E-state index in [2.05, 4.69) is 12.1 Å². The largest absolute Gasteiger partial charge is 0.329 e. The molecule has 5 heteroatoms. The number of benzene rings is 1. The Morgan fingerprint density at radius 3 is 2.29 bits per heavy atom. The molecule has 0 atom stereocenters. The van der Waals surface area contributed by atoms with E-state index in [1.54, 1.807) is 4.31 Å². The molecule has 0 radical (unpaired) electrons. The molecule has 1 saturated heterocycles. The van der Waals surface area contributed by atoms with E-state index in [1.807, 2.05) is 18.2 Å². The molecule has 1 aromatic carbocycles. The van der Waals surface area contributed by atoms with E-state index in [9.17, 15) is 8.42 Å². The first-order valence-corrected chi connectivity index (χ1v) is 7.73. The Labute approximate surface area is 103 Å². The van der Waals surface area contributed by atoms with E-state index in [4.69, 9.17) is 0 Å². The quantitative estimate of drug-likeness (QED) is 0.780. The molecule has 1 heterocycles. The zero-order valence-electron chi connectivity index (χ0n) is 10.1. The lowest BCUT2D eigenvalue weighted by atomic mass is 10.2. The number of sulfonamides is 1. The van der Waals surface area contributed by atoms with Gasteiger partial charge in [0.1, 0.15) is 6.54 Å². The van der Waals surface area contributed by atoms with Crippen LogP contribution in [0.15, 0.2) is 30.3 Å². The molecule has 0 bridgehead atoms. The number of hydrogen-bond donors (Lipinski definition) is 1. The molecular weight excluding hydrogens is 236 g/mol. The summed E-state index contributed by atoms with van der Waals surface area (Å²) in [5.41, 5.74) is 1.32. The standard InChI is InChI=1S/C12H18N2O2S/c1-17(15,16)14-9-7-13(8-10-14)11-12-5-3-2-4-6-12/h2-6H,7-11H2,1H3/p+1. The van der Waals surface area contributed by atoms with Gasteiger partial charge in [0.25, 0.3) is 0 Å². The summed E-state index contributed by atoms with van der Waals surface area (Å²) in [6.45, 7) is 4.05. The lowest BCUT2D eigenvalue weighted by Gasteiger charge is -2.30. The molecular formula is C12H19N2O2S+. The van der Waals surface area contributed by atoms with Gasteiger partial charge in [0.15, 0.2) is 0 Å². The van der Waals surface area contributed by atoms with Crippen LogP contribution in [-0.4, -0.2) is 45.2 Å². The molecule has 0 amide bonds. The Hall–Kier alpha value is -0.910. The molecule has 1 aliphatic rings. The summed E-state index contributed by atoms with van der Waals surface area (Å²) in [6.07, 6.45) is 1.29. The van der Waals surface area contributed by atoms with E-state index in [1.165, 1.54) is 16.7 Å². The SMILES string of the molecule is CS(=O)(=O)N1CC[NH+](Cc2ccccc2)CC1. The minimum atomic E-state index is -3.00. The maximum Gasteiger partial charge on any atom is 0.211 e. The van der Waals surface area contributed by atoms with E-state index < -0.39 is 10.0 Å². The molecule has 1 fully saturated rings. The number of nitrogens with zero attached hydrogens (tertiary/aromatic N) is 1. The first-order valence-electron chi connectivity index (χ1n) is 5.88. The first kappa shape index (κ1) is 12.5. The van der Waals surface area contributed by atoms with Crippen molar-refractivity contribution in [3.8, 4) is 0 Å². The third-order valence-electron chi connectivity index (χ3n) is 3.20. The number of piperazine rings is 1. The second-order valence-electron chi connectivity index (χ2n) is 4.57. The molecule has 94 valence electrons. The molecule has 1 aliphatic heterocycles. The van der Waals surface area contributed by atoms with Crippen LogP contribution in [0.1, 0.15) is 5.56 Å². The summed E-state index contributed by atoms with van der Waals surface area (Å²) < 4.78 is 24.3. The average Bonchev–Trinajstić information content (AvgIpc) is 2.30. The molecule has 0 saturated carbocycles. The number of nitrogens with one attached hydrogen (secondary N) is 1. The third kappa shape index (κ3) is 3.52. The van der Waals surface area contributed by atoms with Crippen LogP contribution in [-0.2, 0) is 16.6 Å². The molecule has 1 N–H and O–H groups in total. The highest BCUT2D eigenvalue weighted by molar-refractivity contribution is 7.88. The van der Waals surface area contributed by atoms with E-state index in [-0.39, 0.29) is 0 Å². The van der Waals surface area contributed by atoms with Crippen molar-refractivity contribution < 1.29 is 13.3 Å². The van der Waals surface area contributed by atoms with Crippen molar-refractivity contribution in [3.63, 3.8) is 0 Å². The molecule has 0 aliphatic carbocycles. The summed E-state index contributed by atoms with van der Waals surface area (Å²) in [4.78, 5) is 1.45. The Kier molecular flexibility index (Phi) is 3.81. The lowest BCUT2D eigenvalue weighted by molar-refractivity contribution is -0.917. The van der Waals surface area contributed by atoms with Crippen LogP contribution in [0.5, 0.6) is 0 Å². The van der Waals surface area contributed by atoms with Crippen molar-refractivity contribution in [2.45, 2.75) is 6.54 Å². The van der Waals surface area contributed by atoms with Gasteiger partial charge in [-0.1, -0.05) is 30.3 Å². The molecule has 17 heavy (non-hydrogen) atoms. The maximum absolute atomic E-state index is 11.4. The van der Waals surface area contributed by atoms with Gasteiger partial charge in [-0.25, -0.2) is 8.42 Å². The molecule has 4 nitrogen and oxygen atoms in total. The third-order valence-corrected chi connectivity index (χ3v) is 4.50. The van der Waals surface area contributed by atoms with Crippen molar-refractivity contribution in [1.82, 2.24) is 4.31 Å². The van der Waals surface area contributed by atoms with E-state index in [0.717, 1.165) is 19.6 Å². The van der Waals surface area contributed by atoms with Crippen molar-refractivity contribution in [1.29, 1.82) is 0 Å². The molecule has 0 unspecified atom stereocenters. The van der Waals surface area contributed by atoms with Crippen molar-refractivity contribution in [2.75, 3.05) is 32.4 Å². The number of quaternary nitrogens is 1. The predicted octanol–water partition coefficient (Wildman–Crippen LogP) is -0.653. The van der Waals surface area contributed by atoms with E-state index >= 15 is 0 Å². The Bertz CT molecular complexity index is 451. The fourth-order valence-electron chi connectivity index (χ4n) is 2.20. The Balaban J connectivity index is 1.88. The number of rotatable bonds is 3. The van der Waals surface area contributed by atoms with Crippen molar-refractivity contribution in [2.24, 2.45) is 0 Å². The molecule has 0 aromatic heterocycles. The normalized spacial score (nSPS) is 19.4. The van der Waals surface area contributed by atoms with Crippen LogP contribution >= 0.6 is 0 Å². The van der Waals surface area contributed by atoms with Gasteiger partial charge in [-0.05, 0) is 0 Å². The summed E-state index contributed by atoms with van der Waals surface area (Å²) >= 11 is 0. The Morgan fingerprint density at radius 2 is 1.76 bits per heavy atom. The lowest BCUT2D eigenvalue weighted by Crippen LogP contribution is -3.13. The highest BCUT2D eigenvalue weighted by Crippen LogP contribution is 1.99. The maximum atomic E-state index is 11.4. The highest BCUT2D eigenvalue weighted by atomic mass is 32.2. The van der Waals surface area contributed by atoms with Crippen LogP contribution < -0.4 is 4.90 Å². The zero-order valence-corrected chi connectivity index (χ0v) is 10.9. The van der Waals surface area contributed by atoms with Crippen LogP contribution in [0.2, 0.25) is 0 Å². The molecule has 1 aromatic rings. The molecule has 0 spiro atoms. The van der Waals surface area contributed by atoms with Gasteiger partial charge >= 0.3 is 0 Å². The summed E-state index contributed by atoms with van der Waals surface area (Å²) in [5, 5.41) is 0. The van der Waals surface area contributed by atoms with Crippen LogP contribution in [0, 0.1) is 0 Å². The summed E-state index contributed by atoms with van der Waals surface area (Å²) in [5.74, 6) is 0. The second kappa shape index (κ2) is 5.16. The van der Waals surface area contributed by atoms with Gasteiger partial charge in [0, 0.05) is 5.56 Å². The van der Waals surface area contributed by atoms with Gasteiger partial charge in [0.05, 0.1) is 32.4 Å². The predicted molar refractivity (Wildman–Crippen MR) is 67.3 cm³/mol. The van der Waals surface area contributed by atoms with Gasteiger partial charge in [-0.3, -0.25) is 0 Å². The second-order valence-corrected chi connectivity index (χ2v) is 6.56. The van der Waals surface area contributed by atoms with Crippen LogP contribution in [0.25, 0.3) is 0 Å². The van der Waals surface area contributed by atoms with Crippen LogP contribution in [0.3, 0.4) is 0 Å². The first-order chi connectivity index (χ1) is 8.05. The number of hydrogen-bond acceptors (Lipinski definition) is 2. The van der Waals surface area contributed by atoms with Crippen molar-refractivity contribution >= 4 is 10.0 Å². The molecule has 2 rings (SSSR count). The fraction of sp³-hybridized carbons (Fsp3) is 0.500. The smallest absolute Gasteiger partial charge is 0.211 e. The van der Waals surface area contributed by atoms with Gasteiger partial charge in [-0.15, -0.1) is 0 Å². The average molecular weight is 255 g/mol. The van der Waals surface area contributed by atoms with Gasteiger partial charge < -0.3 is 4.90 Å². The minimum absolute atomic E-state index is 0.640. The highest BCUT2D eigenvalue weighted by Gasteiger charge is 2.25. The van der Waals surface area contributed by atoms with Gasteiger partial charge in [0.2, 0.25) is 10.0 Å². The van der Waals surface area contributed by atoms with E-state index in [0.29, 0.717) is 13.1 Å². The zero-order chi connectivity index (χ0) is 12.3. The Morgan fingerprint density at radius 1 is 1.18 bits per heavy atom. The topological polar surface area (TPSA) is 41.8 Å². The monoisotopic (exact) mass is 255 g/mol. The van der Waals surface area contributed by atoms with Gasteiger partial charge in [-0.2, -0.15) is 4.31 Å². The summed E-state index contributed by atoms with van der Waals surface area (Å²) in [6, 6.07) is 10.3.